The number of nitrogens with zero attached hydrogens (tertiary/aromatic N) is 2. The lowest BCUT2D eigenvalue weighted by molar-refractivity contribution is -0.141. The average molecular weight is 449 g/mol. The zero-order chi connectivity index (χ0) is 20.5. The van der Waals surface area contributed by atoms with E-state index in [4.69, 9.17) is 27.9 Å². The third-order valence-corrected chi connectivity index (χ3v) is 6.88. The molecule has 1 aliphatic rings. The number of thiazole rings is 1. The van der Waals surface area contributed by atoms with Gasteiger partial charge in [0, 0.05) is 5.56 Å². The van der Waals surface area contributed by atoms with Gasteiger partial charge in [0.05, 0.1) is 27.4 Å². The summed E-state index contributed by atoms with van der Waals surface area (Å²) in [6.07, 6.45) is 4.35. The number of aryl methyl sites for hydroxylation is 2. The molecule has 3 aromatic rings. The molecule has 0 fully saturated rings. The molecule has 0 radical (unpaired) electrons. The van der Waals surface area contributed by atoms with Crippen molar-refractivity contribution in [2.45, 2.75) is 32.2 Å². The van der Waals surface area contributed by atoms with Crippen molar-refractivity contribution in [3.63, 3.8) is 0 Å². The Balaban J connectivity index is 1.83. The lowest BCUT2D eigenvalue weighted by Gasteiger charge is -2.15. The molecule has 5 nitrogen and oxygen atoms in total. The molecule has 1 amide bonds. The second-order valence-electron chi connectivity index (χ2n) is 6.86. The molecule has 0 bridgehead atoms. The number of benzene rings is 2. The zero-order valence-electron chi connectivity index (χ0n) is 15.7. The van der Waals surface area contributed by atoms with Crippen LogP contribution in [0, 0.1) is 0 Å². The van der Waals surface area contributed by atoms with Gasteiger partial charge >= 0.3 is 5.97 Å². The van der Waals surface area contributed by atoms with Gasteiger partial charge in [-0.15, -0.1) is 0 Å². The van der Waals surface area contributed by atoms with Crippen LogP contribution in [0.2, 0.25) is 10.0 Å². The topological polar surface area (TPSA) is 60.7 Å². The molecule has 0 atom stereocenters. The number of hydrogen-bond acceptors (Lipinski definition) is 4. The van der Waals surface area contributed by atoms with Gasteiger partial charge in [-0.05, 0) is 61.1 Å². The van der Waals surface area contributed by atoms with Crippen molar-refractivity contribution in [1.82, 2.24) is 4.57 Å². The Morgan fingerprint density at radius 1 is 1.14 bits per heavy atom. The summed E-state index contributed by atoms with van der Waals surface area (Å²) in [7, 11) is 1.31. The fourth-order valence-corrected chi connectivity index (χ4v) is 5.06. The van der Waals surface area contributed by atoms with E-state index in [0.717, 1.165) is 24.0 Å². The van der Waals surface area contributed by atoms with E-state index in [2.05, 4.69) is 4.99 Å². The molecule has 0 spiro atoms. The highest BCUT2D eigenvalue weighted by molar-refractivity contribution is 7.16. The molecule has 0 N–H and O–H groups in total. The first-order chi connectivity index (χ1) is 14.0. The van der Waals surface area contributed by atoms with Gasteiger partial charge in [0.25, 0.3) is 5.91 Å². The molecule has 150 valence electrons. The Morgan fingerprint density at radius 2 is 1.90 bits per heavy atom. The summed E-state index contributed by atoms with van der Waals surface area (Å²) in [5.74, 6) is -0.825. The lowest BCUT2D eigenvalue weighted by atomic mass is 9.90. The third-order valence-electron chi connectivity index (χ3n) is 5.04. The summed E-state index contributed by atoms with van der Waals surface area (Å²) in [4.78, 5) is 29.5. The minimum atomic E-state index is -0.469. The van der Waals surface area contributed by atoms with E-state index in [9.17, 15) is 9.59 Å². The monoisotopic (exact) mass is 448 g/mol. The maximum atomic E-state index is 12.9. The predicted molar refractivity (Wildman–Crippen MR) is 115 cm³/mol. The Labute approximate surface area is 181 Å². The highest BCUT2D eigenvalue weighted by Crippen LogP contribution is 2.32. The highest BCUT2D eigenvalue weighted by atomic mass is 35.5. The summed E-state index contributed by atoms with van der Waals surface area (Å²) < 4.78 is 7.15. The van der Waals surface area contributed by atoms with E-state index in [1.807, 2.05) is 18.2 Å². The van der Waals surface area contributed by atoms with Crippen LogP contribution in [0.5, 0.6) is 0 Å². The van der Waals surface area contributed by atoms with Crippen molar-refractivity contribution in [1.29, 1.82) is 0 Å². The van der Waals surface area contributed by atoms with Gasteiger partial charge in [0.15, 0.2) is 4.80 Å². The standard InChI is InChI=1S/C21H18Cl2N2O3S/c1-28-17(26)11-25-19-16(9-8-15(22)18(19)23)29-21(25)24-20(27)14-7-6-12-4-2-3-5-13(12)10-14/h6-10H,2-5,11H2,1H3. The number of hydrogen-bond donors (Lipinski definition) is 0. The van der Waals surface area contributed by atoms with Gasteiger partial charge in [-0.2, -0.15) is 4.99 Å². The average Bonchev–Trinajstić information content (AvgIpc) is 3.07. The smallest absolute Gasteiger partial charge is 0.325 e. The number of fused-ring (bicyclic) bond motifs is 2. The quantitative estimate of drug-likeness (QED) is 0.540. The normalized spacial score (nSPS) is 14.1. The van der Waals surface area contributed by atoms with Crippen molar-refractivity contribution in [2.75, 3.05) is 7.11 Å². The van der Waals surface area contributed by atoms with Crippen LogP contribution >= 0.6 is 34.5 Å². The minimum Gasteiger partial charge on any atom is -0.468 e. The highest BCUT2D eigenvalue weighted by Gasteiger charge is 2.17. The first kappa shape index (κ1) is 20.1. The van der Waals surface area contributed by atoms with Crippen molar-refractivity contribution >= 4 is 56.6 Å². The fraction of sp³-hybridized carbons (Fsp3) is 0.286. The van der Waals surface area contributed by atoms with E-state index in [1.165, 1.54) is 36.0 Å². The van der Waals surface area contributed by atoms with E-state index >= 15 is 0 Å². The second-order valence-corrected chi connectivity index (χ2v) is 8.66. The Kier molecular flexibility index (Phi) is 5.76. The maximum Gasteiger partial charge on any atom is 0.325 e. The summed E-state index contributed by atoms with van der Waals surface area (Å²) in [5.41, 5.74) is 3.62. The van der Waals surface area contributed by atoms with Crippen LogP contribution < -0.4 is 4.80 Å². The summed E-state index contributed by atoms with van der Waals surface area (Å²) >= 11 is 13.8. The van der Waals surface area contributed by atoms with E-state index in [0.29, 0.717) is 25.9 Å². The number of esters is 1. The number of aromatic nitrogens is 1. The van der Waals surface area contributed by atoms with Gasteiger partial charge < -0.3 is 9.30 Å². The number of rotatable bonds is 3. The third kappa shape index (κ3) is 3.97. The summed E-state index contributed by atoms with van der Waals surface area (Å²) in [6.45, 7) is -0.118. The Bertz CT molecular complexity index is 1200. The lowest BCUT2D eigenvalue weighted by Crippen LogP contribution is -2.22. The van der Waals surface area contributed by atoms with E-state index in [-0.39, 0.29) is 12.5 Å². The van der Waals surface area contributed by atoms with Gasteiger partial charge in [0.2, 0.25) is 0 Å². The van der Waals surface area contributed by atoms with Crippen LogP contribution in [-0.2, 0) is 28.9 Å². The zero-order valence-corrected chi connectivity index (χ0v) is 18.0. The first-order valence-corrected chi connectivity index (χ1v) is 10.8. The molecule has 1 aromatic heterocycles. The maximum absolute atomic E-state index is 12.9. The molecule has 4 rings (SSSR count). The Morgan fingerprint density at radius 3 is 2.66 bits per heavy atom. The van der Waals surface area contributed by atoms with Crippen LogP contribution in [0.15, 0.2) is 35.3 Å². The molecular weight excluding hydrogens is 431 g/mol. The van der Waals surface area contributed by atoms with Crippen molar-refractivity contribution in [3.8, 4) is 0 Å². The predicted octanol–water partition coefficient (Wildman–Crippen LogP) is 4.80. The summed E-state index contributed by atoms with van der Waals surface area (Å²) in [5, 5.41) is 0.676. The molecular formula is C21H18Cl2N2O3S. The van der Waals surface area contributed by atoms with Gasteiger partial charge in [-0.3, -0.25) is 9.59 Å². The Hall–Kier alpha value is -2.15. The van der Waals surface area contributed by atoms with Crippen LogP contribution in [0.25, 0.3) is 10.2 Å². The van der Waals surface area contributed by atoms with E-state index < -0.39 is 5.97 Å². The van der Waals surface area contributed by atoms with Crippen LogP contribution in [0.1, 0.15) is 34.3 Å². The number of halogens is 2. The summed E-state index contributed by atoms with van der Waals surface area (Å²) in [6, 6.07) is 9.24. The van der Waals surface area contributed by atoms with Crippen molar-refractivity contribution < 1.29 is 14.3 Å². The first-order valence-electron chi connectivity index (χ1n) is 9.23. The molecule has 1 heterocycles. The molecule has 29 heavy (non-hydrogen) atoms. The van der Waals surface area contributed by atoms with Crippen LogP contribution in [0.4, 0.5) is 0 Å². The number of carbonyl (C=O) groups is 2. The van der Waals surface area contributed by atoms with Gasteiger partial charge in [-0.1, -0.05) is 40.6 Å². The van der Waals surface area contributed by atoms with Crippen molar-refractivity contribution in [2.24, 2.45) is 4.99 Å². The van der Waals surface area contributed by atoms with Crippen molar-refractivity contribution in [3.05, 3.63) is 61.9 Å². The number of ether oxygens (including phenoxy) is 1. The largest absolute Gasteiger partial charge is 0.468 e. The minimum absolute atomic E-state index is 0.118. The number of methoxy groups -OCH3 is 1. The van der Waals surface area contributed by atoms with Gasteiger partial charge in [0.1, 0.15) is 6.54 Å². The SMILES string of the molecule is COC(=O)Cn1c(=NC(=O)c2ccc3c(c2)CCCC3)sc2ccc(Cl)c(Cl)c21. The molecule has 1 aliphatic carbocycles. The molecule has 2 aromatic carbocycles. The number of carbonyl (C=O) groups excluding carboxylic acids is 2. The molecule has 0 unspecified atom stereocenters. The van der Waals surface area contributed by atoms with Crippen LogP contribution in [0.3, 0.4) is 0 Å². The fourth-order valence-electron chi connectivity index (χ4n) is 3.55. The molecule has 0 aliphatic heterocycles. The van der Waals surface area contributed by atoms with E-state index in [1.54, 1.807) is 16.7 Å². The number of amides is 1. The van der Waals surface area contributed by atoms with Gasteiger partial charge in [-0.25, -0.2) is 0 Å². The molecule has 0 saturated heterocycles. The second kappa shape index (κ2) is 8.30. The molecule has 8 heteroatoms. The molecule has 0 saturated carbocycles. The van der Waals surface area contributed by atoms with Crippen LogP contribution in [-0.4, -0.2) is 23.6 Å².